The van der Waals surface area contributed by atoms with Crippen molar-refractivity contribution < 1.29 is 9.72 Å². The smallest absolute Gasteiger partial charge is 0.292 e. The fourth-order valence-electron chi connectivity index (χ4n) is 3.69. The van der Waals surface area contributed by atoms with Crippen molar-refractivity contribution >= 4 is 38.8 Å². The maximum absolute atomic E-state index is 13.0. The summed E-state index contributed by atoms with van der Waals surface area (Å²) in [5.74, 6) is -0.393. The first kappa shape index (κ1) is 19.3. The molecule has 1 N–H and O–H groups in total. The summed E-state index contributed by atoms with van der Waals surface area (Å²) in [5, 5.41) is 14.3. The molecule has 0 bridgehead atoms. The number of anilines is 1. The third kappa shape index (κ3) is 3.91. The number of nitrogens with one attached hydrogen (secondary N) is 1. The van der Waals surface area contributed by atoms with Gasteiger partial charge in [0.15, 0.2) is 0 Å². The largest absolute Gasteiger partial charge is 0.320 e. The maximum Gasteiger partial charge on any atom is 0.292 e. The van der Waals surface area contributed by atoms with Crippen molar-refractivity contribution in [2.45, 2.75) is 45.1 Å². The van der Waals surface area contributed by atoms with E-state index >= 15 is 0 Å². The lowest BCUT2D eigenvalue weighted by Gasteiger charge is -2.08. The highest BCUT2D eigenvalue weighted by Crippen LogP contribution is 2.32. The summed E-state index contributed by atoms with van der Waals surface area (Å²) in [6.45, 7) is 0.166. The fraction of sp³-hybridized carbons (Fsp3) is 0.350. The summed E-state index contributed by atoms with van der Waals surface area (Å²) >= 11 is 1.60. The molecule has 0 spiro atoms. The molecule has 3 aromatic rings. The second-order valence-corrected chi connectivity index (χ2v) is 8.14. The highest BCUT2D eigenvalue weighted by Gasteiger charge is 2.20. The van der Waals surface area contributed by atoms with Gasteiger partial charge in [-0.3, -0.25) is 24.3 Å². The van der Waals surface area contributed by atoms with E-state index in [0.717, 1.165) is 36.1 Å². The Labute approximate surface area is 170 Å². The number of hydrogen-bond acceptors (Lipinski definition) is 6. The molecule has 0 aliphatic heterocycles. The van der Waals surface area contributed by atoms with Crippen LogP contribution in [0.3, 0.4) is 0 Å². The van der Waals surface area contributed by atoms with Gasteiger partial charge in [-0.15, -0.1) is 11.3 Å². The van der Waals surface area contributed by atoms with Crippen molar-refractivity contribution in [3.05, 3.63) is 61.5 Å². The van der Waals surface area contributed by atoms with E-state index in [1.54, 1.807) is 17.4 Å². The van der Waals surface area contributed by atoms with Crippen molar-refractivity contribution in [2.75, 3.05) is 5.32 Å². The molecule has 0 saturated heterocycles. The average molecular weight is 412 g/mol. The fourth-order valence-corrected chi connectivity index (χ4v) is 4.91. The van der Waals surface area contributed by atoms with Crippen LogP contribution in [0.1, 0.15) is 36.1 Å². The third-order valence-electron chi connectivity index (χ3n) is 5.15. The highest BCUT2D eigenvalue weighted by molar-refractivity contribution is 7.18. The van der Waals surface area contributed by atoms with Crippen LogP contribution >= 0.6 is 11.3 Å². The molecular weight excluding hydrogens is 392 g/mol. The minimum Gasteiger partial charge on any atom is -0.320 e. The summed E-state index contributed by atoms with van der Waals surface area (Å²) in [7, 11) is 0. The van der Waals surface area contributed by atoms with Gasteiger partial charge in [0.05, 0.1) is 16.6 Å². The van der Waals surface area contributed by atoms with E-state index in [2.05, 4.69) is 10.3 Å². The van der Waals surface area contributed by atoms with E-state index < -0.39 is 10.8 Å². The summed E-state index contributed by atoms with van der Waals surface area (Å²) in [6, 6.07) is 5.97. The molecule has 2 aromatic heterocycles. The number of hydrogen-bond donors (Lipinski definition) is 1. The van der Waals surface area contributed by atoms with Crippen LogP contribution in [-0.2, 0) is 24.2 Å². The molecule has 8 nitrogen and oxygen atoms in total. The standard InChI is InChI=1S/C20H20N4O4S/c25-17(22-14-7-4-5-8-15(14)24(27)28)10-11-23-12-21-19-18(20(23)26)13-6-2-1-3-9-16(13)29-19/h4-5,7-8,12H,1-3,6,9-11H2,(H,22,25). The number of fused-ring (bicyclic) bond motifs is 3. The first-order chi connectivity index (χ1) is 14.0. The molecule has 0 atom stereocenters. The number of nitrogens with zero attached hydrogens (tertiary/aromatic N) is 3. The second-order valence-electron chi connectivity index (χ2n) is 7.06. The number of aryl methyl sites for hydroxylation is 3. The van der Waals surface area contributed by atoms with Crippen molar-refractivity contribution in [3.8, 4) is 0 Å². The SMILES string of the molecule is O=C(CCn1cnc2sc3c(c2c1=O)CCCCC3)Nc1ccccc1[N+](=O)[O-]. The Morgan fingerprint density at radius 2 is 2.03 bits per heavy atom. The Morgan fingerprint density at radius 1 is 1.24 bits per heavy atom. The van der Waals surface area contributed by atoms with Gasteiger partial charge in [0.2, 0.25) is 5.91 Å². The summed E-state index contributed by atoms with van der Waals surface area (Å²) in [6.07, 6.45) is 6.78. The molecule has 1 aromatic carbocycles. The Kier molecular flexibility index (Phi) is 5.39. The zero-order valence-corrected chi connectivity index (χ0v) is 16.5. The number of carbonyl (C=O) groups is 1. The summed E-state index contributed by atoms with van der Waals surface area (Å²) < 4.78 is 1.46. The molecule has 9 heteroatoms. The minimum absolute atomic E-state index is 0.0193. The van der Waals surface area contributed by atoms with Gasteiger partial charge in [-0.2, -0.15) is 0 Å². The molecule has 1 aliphatic carbocycles. The number of rotatable bonds is 5. The van der Waals surface area contributed by atoms with Crippen LogP contribution in [0.15, 0.2) is 35.4 Å². The Morgan fingerprint density at radius 3 is 2.86 bits per heavy atom. The van der Waals surface area contributed by atoms with E-state index in [9.17, 15) is 19.7 Å². The normalized spacial score (nSPS) is 13.7. The molecule has 1 aliphatic rings. The van der Waals surface area contributed by atoms with E-state index in [1.807, 2.05) is 0 Å². The van der Waals surface area contributed by atoms with Gasteiger partial charge in [0.25, 0.3) is 11.2 Å². The lowest BCUT2D eigenvalue weighted by atomic mass is 10.1. The van der Waals surface area contributed by atoms with Crippen LogP contribution in [0.4, 0.5) is 11.4 Å². The van der Waals surface area contributed by atoms with Gasteiger partial charge in [-0.25, -0.2) is 4.98 Å². The van der Waals surface area contributed by atoms with Crippen LogP contribution in [0, 0.1) is 10.1 Å². The van der Waals surface area contributed by atoms with Crippen molar-refractivity contribution in [1.29, 1.82) is 0 Å². The second kappa shape index (κ2) is 8.12. The molecule has 0 fully saturated rings. The van der Waals surface area contributed by atoms with Crippen molar-refractivity contribution in [2.24, 2.45) is 0 Å². The first-order valence-electron chi connectivity index (χ1n) is 9.57. The molecule has 150 valence electrons. The average Bonchev–Trinajstić information content (AvgIpc) is 2.90. The Hall–Kier alpha value is -3.07. The number of thiophene rings is 1. The number of nitro groups is 1. The number of carbonyl (C=O) groups excluding carboxylic acids is 1. The molecule has 4 rings (SSSR count). The predicted molar refractivity (Wildman–Crippen MR) is 111 cm³/mol. The van der Waals surface area contributed by atoms with Gasteiger partial charge in [0.1, 0.15) is 10.5 Å². The number of para-hydroxylation sites is 2. The van der Waals surface area contributed by atoms with Gasteiger partial charge < -0.3 is 5.32 Å². The molecule has 2 heterocycles. The molecule has 0 saturated carbocycles. The van der Waals surface area contributed by atoms with Gasteiger partial charge in [0, 0.05) is 23.9 Å². The lowest BCUT2D eigenvalue weighted by molar-refractivity contribution is -0.383. The summed E-state index contributed by atoms with van der Waals surface area (Å²) in [5.41, 5.74) is 0.986. The molecule has 29 heavy (non-hydrogen) atoms. The lowest BCUT2D eigenvalue weighted by Crippen LogP contribution is -2.24. The van der Waals surface area contributed by atoms with Crippen molar-refractivity contribution in [1.82, 2.24) is 9.55 Å². The monoisotopic (exact) mass is 412 g/mol. The number of amides is 1. The number of nitro benzene ring substituents is 1. The number of aromatic nitrogens is 2. The molecule has 0 unspecified atom stereocenters. The Balaban J connectivity index is 1.52. The van der Waals surface area contributed by atoms with E-state index in [-0.39, 0.29) is 29.9 Å². The maximum atomic E-state index is 13.0. The van der Waals surface area contributed by atoms with Crippen molar-refractivity contribution in [3.63, 3.8) is 0 Å². The van der Waals surface area contributed by atoms with Gasteiger partial charge in [-0.1, -0.05) is 18.6 Å². The summed E-state index contributed by atoms with van der Waals surface area (Å²) in [4.78, 5) is 42.3. The zero-order valence-electron chi connectivity index (χ0n) is 15.7. The van der Waals surface area contributed by atoms with Crippen LogP contribution < -0.4 is 10.9 Å². The highest BCUT2D eigenvalue weighted by atomic mass is 32.1. The van der Waals surface area contributed by atoms with E-state index in [1.165, 1.54) is 40.4 Å². The Bertz CT molecular complexity index is 1150. The molecule has 0 radical (unpaired) electrons. The topological polar surface area (TPSA) is 107 Å². The quantitative estimate of drug-likeness (QED) is 0.391. The molecule has 1 amide bonds. The van der Waals surface area contributed by atoms with E-state index in [4.69, 9.17) is 0 Å². The van der Waals surface area contributed by atoms with Crippen LogP contribution in [0.5, 0.6) is 0 Å². The van der Waals surface area contributed by atoms with Crippen LogP contribution in [0.25, 0.3) is 10.2 Å². The van der Waals surface area contributed by atoms with Crippen LogP contribution in [0.2, 0.25) is 0 Å². The predicted octanol–water partition coefficient (Wildman–Crippen LogP) is 3.66. The van der Waals surface area contributed by atoms with Crippen LogP contribution in [-0.4, -0.2) is 20.4 Å². The van der Waals surface area contributed by atoms with Gasteiger partial charge in [-0.05, 0) is 37.3 Å². The van der Waals surface area contributed by atoms with E-state index in [0.29, 0.717) is 5.39 Å². The first-order valence-corrected chi connectivity index (χ1v) is 10.4. The molecular formula is C20H20N4O4S. The zero-order chi connectivity index (χ0) is 20.4. The minimum atomic E-state index is -0.541. The number of benzene rings is 1. The third-order valence-corrected chi connectivity index (χ3v) is 6.35. The van der Waals surface area contributed by atoms with Gasteiger partial charge >= 0.3 is 0 Å².